The second-order valence-electron chi connectivity index (χ2n) is 6.41. The maximum atomic E-state index is 13.1. The largest absolute Gasteiger partial charge is 0.324 e. The Bertz CT molecular complexity index is 861. The van der Waals surface area contributed by atoms with E-state index in [-0.39, 0.29) is 18.4 Å². The highest BCUT2D eigenvalue weighted by molar-refractivity contribution is 9.10. The lowest BCUT2D eigenvalue weighted by atomic mass is 10.0. The lowest BCUT2D eigenvalue weighted by Gasteiger charge is -2.40. The molecule has 0 spiro atoms. The molecule has 1 saturated heterocycles. The Kier molecular flexibility index (Phi) is 6.69. The highest BCUT2D eigenvalue weighted by Crippen LogP contribution is 2.29. The second kappa shape index (κ2) is 8.82. The molecule has 0 saturated carbocycles. The van der Waals surface area contributed by atoms with Crippen molar-refractivity contribution in [1.29, 1.82) is 0 Å². The molecule has 0 bridgehead atoms. The maximum Gasteiger partial charge on any atom is 0.324 e. The molecule has 1 unspecified atom stereocenters. The topological polar surface area (TPSA) is 40.6 Å². The first-order chi connectivity index (χ1) is 12.8. The molecule has 0 N–H and O–H groups in total. The van der Waals surface area contributed by atoms with Crippen molar-refractivity contribution in [2.45, 2.75) is 13.0 Å². The molecular weight excluding hydrogens is 474 g/mol. The first kappa shape index (κ1) is 20.5. The molecule has 1 aliphatic rings. The Hall–Kier alpha value is -1.27. The van der Waals surface area contributed by atoms with Crippen LogP contribution >= 0.6 is 50.7 Å². The van der Waals surface area contributed by atoms with Gasteiger partial charge in [0.1, 0.15) is 0 Å². The number of amides is 2. The molecule has 142 valence electrons. The van der Waals surface area contributed by atoms with Gasteiger partial charge in [-0.15, -0.1) is 0 Å². The fraction of sp³-hybridized carbons (Fsp3) is 0.263. The van der Waals surface area contributed by atoms with E-state index < -0.39 is 5.24 Å². The van der Waals surface area contributed by atoms with Gasteiger partial charge in [-0.2, -0.15) is 0 Å². The number of nitrogens with zero attached hydrogens (tertiary/aromatic N) is 2. The summed E-state index contributed by atoms with van der Waals surface area (Å²) in [7, 11) is 0. The average Bonchev–Trinajstić information content (AvgIpc) is 2.60. The van der Waals surface area contributed by atoms with Crippen LogP contribution in [0.25, 0.3) is 0 Å². The molecule has 4 nitrogen and oxygen atoms in total. The standard InChI is InChI=1S/C19H16BrCl3N2O2/c20-14-2-5-16(6-3-14)25-10-12(7-18(23)26)9-24(19(25)27)11-13-1-4-15(21)8-17(13)22/h1-6,8,12H,7,9-11H2. The van der Waals surface area contributed by atoms with Crippen molar-refractivity contribution in [2.75, 3.05) is 18.0 Å². The zero-order valence-corrected chi connectivity index (χ0v) is 18.0. The van der Waals surface area contributed by atoms with Crippen LogP contribution in [0.1, 0.15) is 12.0 Å². The molecule has 8 heteroatoms. The van der Waals surface area contributed by atoms with Gasteiger partial charge in [0, 0.05) is 52.2 Å². The van der Waals surface area contributed by atoms with E-state index in [2.05, 4.69) is 15.9 Å². The van der Waals surface area contributed by atoms with E-state index in [4.69, 9.17) is 34.8 Å². The van der Waals surface area contributed by atoms with Crippen LogP contribution in [0, 0.1) is 5.92 Å². The number of benzene rings is 2. The van der Waals surface area contributed by atoms with Gasteiger partial charge in [0.2, 0.25) is 5.24 Å². The third-order valence-electron chi connectivity index (χ3n) is 4.38. The van der Waals surface area contributed by atoms with Gasteiger partial charge in [0.25, 0.3) is 0 Å². The minimum Gasteiger partial charge on any atom is -0.320 e. The van der Waals surface area contributed by atoms with Gasteiger partial charge < -0.3 is 4.90 Å². The van der Waals surface area contributed by atoms with Crippen molar-refractivity contribution in [2.24, 2.45) is 5.92 Å². The van der Waals surface area contributed by atoms with Crippen LogP contribution in [0.2, 0.25) is 10.0 Å². The summed E-state index contributed by atoms with van der Waals surface area (Å²) in [4.78, 5) is 27.9. The SMILES string of the molecule is O=C(Cl)CC1CN(Cc2ccc(Cl)cc2Cl)C(=O)N(c2ccc(Br)cc2)C1. The number of carbonyl (C=O) groups is 2. The molecule has 2 amide bonds. The predicted molar refractivity (Wildman–Crippen MR) is 113 cm³/mol. The highest BCUT2D eigenvalue weighted by Gasteiger charge is 2.33. The van der Waals surface area contributed by atoms with Gasteiger partial charge in [-0.25, -0.2) is 4.79 Å². The molecule has 1 heterocycles. The number of rotatable bonds is 5. The Morgan fingerprint density at radius 1 is 1.11 bits per heavy atom. The second-order valence-corrected chi connectivity index (χ2v) is 8.59. The van der Waals surface area contributed by atoms with Gasteiger partial charge in [0.05, 0.1) is 0 Å². The quantitative estimate of drug-likeness (QED) is 0.485. The summed E-state index contributed by atoms with van der Waals surface area (Å²) in [6.07, 6.45) is 0.201. The summed E-state index contributed by atoms with van der Waals surface area (Å²) in [5, 5.41) is 0.631. The fourth-order valence-electron chi connectivity index (χ4n) is 3.14. The molecular formula is C19H16BrCl3N2O2. The first-order valence-corrected chi connectivity index (χ1v) is 10.2. The van der Waals surface area contributed by atoms with Crippen LogP contribution in [-0.4, -0.2) is 29.3 Å². The average molecular weight is 491 g/mol. The number of urea groups is 1. The third-order valence-corrected chi connectivity index (χ3v) is 5.65. The van der Waals surface area contributed by atoms with Gasteiger partial charge in [-0.1, -0.05) is 45.2 Å². The zero-order chi connectivity index (χ0) is 19.6. The maximum absolute atomic E-state index is 13.1. The van der Waals surface area contributed by atoms with Gasteiger partial charge in [0.15, 0.2) is 0 Å². The minimum atomic E-state index is -0.408. The molecule has 1 fully saturated rings. The molecule has 2 aromatic carbocycles. The summed E-state index contributed by atoms with van der Waals surface area (Å²) >= 11 is 21.2. The summed E-state index contributed by atoms with van der Waals surface area (Å²) in [5.41, 5.74) is 1.56. The van der Waals surface area contributed by atoms with E-state index in [1.807, 2.05) is 24.3 Å². The summed E-state index contributed by atoms with van der Waals surface area (Å²) < 4.78 is 0.924. The van der Waals surface area contributed by atoms with E-state index in [1.165, 1.54) is 0 Å². The van der Waals surface area contributed by atoms with Crippen LogP contribution < -0.4 is 4.90 Å². The zero-order valence-electron chi connectivity index (χ0n) is 14.2. The van der Waals surface area contributed by atoms with Crippen LogP contribution in [0.3, 0.4) is 0 Å². The molecule has 3 rings (SSSR count). The third kappa shape index (κ3) is 5.17. The Morgan fingerprint density at radius 3 is 2.44 bits per heavy atom. The predicted octanol–water partition coefficient (Wildman–Crippen LogP) is 5.97. The number of halogens is 4. The van der Waals surface area contributed by atoms with Crippen molar-refractivity contribution >= 4 is 67.7 Å². The van der Waals surface area contributed by atoms with Crippen molar-refractivity contribution in [3.05, 3.63) is 62.5 Å². The van der Waals surface area contributed by atoms with Crippen LogP contribution in [0.4, 0.5) is 10.5 Å². The number of hydrogen-bond acceptors (Lipinski definition) is 2. The lowest BCUT2D eigenvalue weighted by Crippen LogP contribution is -2.53. The van der Waals surface area contributed by atoms with Crippen LogP contribution in [0.15, 0.2) is 46.9 Å². The molecule has 1 aliphatic heterocycles. The van der Waals surface area contributed by atoms with E-state index in [1.54, 1.807) is 28.0 Å². The summed E-state index contributed by atoms with van der Waals surface area (Å²) in [6.45, 7) is 1.20. The van der Waals surface area contributed by atoms with Crippen LogP contribution in [0.5, 0.6) is 0 Å². The molecule has 2 aromatic rings. The first-order valence-electron chi connectivity index (χ1n) is 8.27. The molecule has 0 aliphatic carbocycles. The van der Waals surface area contributed by atoms with Crippen molar-refractivity contribution in [3.8, 4) is 0 Å². The van der Waals surface area contributed by atoms with Gasteiger partial charge in [-0.3, -0.25) is 9.69 Å². The van der Waals surface area contributed by atoms with E-state index >= 15 is 0 Å². The lowest BCUT2D eigenvalue weighted by molar-refractivity contribution is -0.112. The summed E-state index contributed by atoms with van der Waals surface area (Å²) in [5.74, 6) is -0.0672. The normalized spacial score (nSPS) is 17.3. The van der Waals surface area contributed by atoms with Gasteiger partial charge >= 0.3 is 6.03 Å². The number of carbonyl (C=O) groups excluding carboxylic acids is 2. The Labute approximate surface area is 181 Å². The molecule has 27 heavy (non-hydrogen) atoms. The molecule has 0 aromatic heterocycles. The Balaban J connectivity index is 1.87. The van der Waals surface area contributed by atoms with E-state index in [9.17, 15) is 9.59 Å². The van der Waals surface area contributed by atoms with Gasteiger partial charge in [-0.05, 0) is 53.6 Å². The number of anilines is 1. The van der Waals surface area contributed by atoms with Crippen molar-refractivity contribution < 1.29 is 9.59 Å². The summed E-state index contributed by atoms with van der Waals surface area (Å²) in [6, 6.07) is 12.5. The van der Waals surface area contributed by atoms with Crippen LogP contribution in [-0.2, 0) is 11.3 Å². The van der Waals surface area contributed by atoms with Crippen molar-refractivity contribution in [1.82, 2.24) is 4.90 Å². The molecule has 1 atom stereocenters. The molecule has 0 radical (unpaired) electrons. The smallest absolute Gasteiger partial charge is 0.320 e. The minimum absolute atomic E-state index is 0.0672. The van der Waals surface area contributed by atoms with E-state index in [0.717, 1.165) is 15.7 Å². The fourth-order valence-corrected chi connectivity index (χ4v) is 4.09. The van der Waals surface area contributed by atoms with Crippen molar-refractivity contribution in [3.63, 3.8) is 0 Å². The van der Waals surface area contributed by atoms with E-state index in [0.29, 0.717) is 29.7 Å². The number of hydrogen-bond donors (Lipinski definition) is 0. The Morgan fingerprint density at radius 2 is 1.81 bits per heavy atom. The highest BCUT2D eigenvalue weighted by atomic mass is 79.9. The monoisotopic (exact) mass is 488 g/mol.